The number of hydrogen-bond donors (Lipinski definition) is 0. The molecule has 0 aromatic carbocycles. The third kappa shape index (κ3) is 2.39. The highest BCUT2D eigenvalue weighted by Crippen LogP contribution is 2.07. The lowest BCUT2D eigenvalue weighted by molar-refractivity contribution is 0.0594. The summed E-state index contributed by atoms with van der Waals surface area (Å²) < 4.78 is 11.1. The minimum atomic E-state index is -0.552. The average Bonchev–Trinajstić information content (AvgIpc) is 2.97. The zero-order chi connectivity index (χ0) is 12.3. The van der Waals surface area contributed by atoms with Crippen LogP contribution in [0.15, 0.2) is 22.7 Å². The Balaban J connectivity index is 2.11. The first-order valence-electron chi connectivity index (χ1n) is 4.75. The first-order chi connectivity index (χ1) is 8.22. The summed E-state index contributed by atoms with van der Waals surface area (Å²) in [5, 5.41) is 7.37. The summed E-state index contributed by atoms with van der Waals surface area (Å²) in [5.41, 5.74) is 0.120. The Labute approximate surface area is 96.0 Å². The molecule has 0 unspecified atom stereocenters. The second kappa shape index (κ2) is 4.60. The van der Waals surface area contributed by atoms with Crippen molar-refractivity contribution in [2.24, 2.45) is 0 Å². The summed E-state index contributed by atoms with van der Waals surface area (Å²) in [7, 11) is 1.27. The molecule has 0 atom stereocenters. The van der Waals surface area contributed by atoms with E-state index in [1.165, 1.54) is 18.0 Å². The van der Waals surface area contributed by atoms with E-state index in [2.05, 4.69) is 15.0 Å². The molecule has 0 spiro atoms. The van der Waals surface area contributed by atoms with Gasteiger partial charge in [0.25, 0.3) is 0 Å². The number of nitrogens with zero attached hydrogens (tertiary/aromatic N) is 3. The molecule has 0 aliphatic rings. The van der Waals surface area contributed by atoms with Gasteiger partial charge in [-0.25, -0.2) is 9.48 Å². The van der Waals surface area contributed by atoms with E-state index in [0.717, 1.165) is 0 Å². The minimum Gasteiger partial charge on any atom is -0.464 e. The molecule has 0 aliphatic carbocycles. The SMILES string of the molecule is COC(=O)c1cn(Cc2ccc(C=O)o2)nn1. The number of carbonyl (C=O) groups is 2. The molecule has 2 aromatic heterocycles. The lowest BCUT2D eigenvalue weighted by atomic mass is 10.4. The van der Waals surface area contributed by atoms with Crippen molar-refractivity contribution in [3.05, 3.63) is 35.5 Å². The van der Waals surface area contributed by atoms with Crippen LogP contribution in [0.3, 0.4) is 0 Å². The quantitative estimate of drug-likeness (QED) is 0.567. The van der Waals surface area contributed by atoms with Crippen molar-refractivity contribution in [2.75, 3.05) is 7.11 Å². The fourth-order valence-corrected chi connectivity index (χ4v) is 1.28. The van der Waals surface area contributed by atoms with E-state index in [1.807, 2.05) is 0 Å². The molecule has 17 heavy (non-hydrogen) atoms. The van der Waals surface area contributed by atoms with Gasteiger partial charge in [0.05, 0.1) is 13.3 Å². The van der Waals surface area contributed by atoms with Gasteiger partial charge in [-0.3, -0.25) is 4.79 Å². The summed E-state index contributed by atoms with van der Waals surface area (Å²) in [6.07, 6.45) is 2.06. The van der Waals surface area contributed by atoms with Gasteiger partial charge in [0.15, 0.2) is 17.7 Å². The molecule has 7 nitrogen and oxygen atoms in total. The van der Waals surface area contributed by atoms with Gasteiger partial charge in [-0.2, -0.15) is 0 Å². The van der Waals surface area contributed by atoms with Crippen LogP contribution in [0.1, 0.15) is 26.8 Å². The third-order valence-electron chi connectivity index (χ3n) is 2.05. The number of furan rings is 1. The predicted molar refractivity (Wildman–Crippen MR) is 54.6 cm³/mol. The maximum absolute atomic E-state index is 11.1. The van der Waals surface area contributed by atoms with Crippen molar-refractivity contribution in [1.29, 1.82) is 0 Å². The van der Waals surface area contributed by atoms with Crippen LogP contribution in [0.4, 0.5) is 0 Å². The van der Waals surface area contributed by atoms with Crippen molar-refractivity contribution in [2.45, 2.75) is 6.54 Å². The van der Waals surface area contributed by atoms with Gasteiger partial charge in [0, 0.05) is 0 Å². The van der Waals surface area contributed by atoms with Crippen molar-refractivity contribution in [3.63, 3.8) is 0 Å². The number of aldehydes is 1. The Bertz CT molecular complexity index is 543. The number of aromatic nitrogens is 3. The Morgan fingerprint density at radius 1 is 1.59 bits per heavy atom. The second-order valence-corrected chi connectivity index (χ2v) is 3.21. The first-order valence-corrected chi connectivity index (χ1v) is 4.75. The summed E-state index contributed by atoms with van der Waals surface area (Å²) in [6, 6.07) is 3.21. The molecule has 0 amide bonds. The number of ether oxygens (including phenoxy) is 1. The van der Waals surface area contributed by atoms with Gasteiger partial charge in [-0.15, -0.1) is 5.10 Å². The molecular weight excluding hydrogens is 226 g/mol. The number of methoxy groups -OCH3 is 1. The standard InChI is InChI=1S/C10H9N3O4/c1-16-10(15)9-5-13(12-11-9)4-7-2-3-8(6-14)17-7/h2-3,5-6H,4H2,1H3. The largest absolute Gasteiger partial charge is 0.464 e. The molecule has 0 saturated carbocycles. The summed E-state index contributed by atoms with van der Waals surface area (Å²) in [5.74, 6) is 0.242. The summed E-state index contributed by atoms with van der Waals surface area (Å²) in [6.45, 7) is 0.290. The van der Waals surface area contributed by atoms with Gasteiger partial charge in [0.1, 0.15) is 12.3 Å². The lowest BCUT2D eigenvalue weighted by Gasteiger charge is -1.95. The molecule has 0 fully saturated rings. The van der Waals surface area contributed by atoms with Crippen LogP contribution in [0.2, 0.25) is 0 Å². The predicted octanol–water partition coefficient (Wildman–Crippen LogP) is 0.518. The molecule has 2 aromatic rings. The van der Waals surface area contributed by atoms with Crippen LogP contribution in [0, 0.1) is 0 Å². The Morgan fingerprint density at radius 3 is 3.06 bits per heavy atom. The lowest BCUT2D eigenvalue weighted by Crippen LogP contribution is -2.01. The first kappa shape index (κ1) is 11.1. The highest BCUT2D eigenvalue weighted by atomic mass is 16.5. The molecule has 88 valence electrons. The van der Waals surface area contributed by atoms with Crippen LogP contribution >= 0.6 is 0 Å². The van der Waals surface area contributed by atoms with Gasteiger partial charge in [0.2, 0.25) is 0 Å². The monoisotopic (exact) mass is 235 g/mol. The van der Waals surface area contributed by atoms with E-state index in [1.54, 1.807) is 12.1 Å². The number of hydrogen-bond acceptors (Lipinski definition) is 6. The second-order valence-electron chi connectivity index (χ2n) is 3.21. The average molecular weight is 235 g/mol. The topological polar surface area (TPSA) is 87.2 Å². The van der Waals surface area contributed by atoms with Crippen molar-refractivity contribution in [3.8, 4) is 0 Å². The maximum atomic E-state index is 11.1. The molecule has 0 saturated heterocycles. The van der Waals surface area contributed by atoms with Gasteiger partial charge >= 0.3 is 5.97 Å². The Hall–Kier alpha value is -2.44. The highest BCUT2D eigenvalue weighted by molar-refractivity contribution is 5.86. The van der Waals surface area contributed by atoms with Crippen molar-refractivity contribution >= 4 is 12.3 Å². The number of rotatable bonds is 4. The van der Waals surface area contributed by atoms with E-state index >= 15 is 0 Å². The summed E-state index contributed by atoms with van der Waals surface area (Å²) in [4.78, 5) is 21.5. The normalized spacial score (nSPS) is 10.2. The smallest absolute Gasteiger partial charge is 0.360 e. The maximum Gasteiger partial charge on any atom is 0.360 e. The van der Waals surface area contributed by atoms with Gasteiger partial charge < -0.3 is 9.15 Å². The third-order valence-corrected chi connectivity index (χ3v) is 2.05. The van der Waals surface area contributed by atoms with Crippen LogP contribution in [-0.4, -0.2) is 34.4 Å². The van der Waals surface area contributed by atoms with Crippen LogP contribution in [0.25, 0.3) is 0 Å². The van der Waals surface area contributed by atoms with Crippen LogP contribution < -0.4 is 0 Å². The zero-order valence-electron chi connectivity index (χ0n) is 8.99. The Kier molecular flexibility index (Phi) is 2.99. The van der Waals surface area contributed by atoms with Gasteiger partial charge in [-0.05, 0) is 12.1 Å². The van der Waals surface area contributed by atoms with Crippen molar-refractivity contribution < 1.29 is 18.7 Å². The highest BCUT2D eigenvalue weighted by Gasteiger charge is 2.11. The van der Waals surface area contributed by atoms with Crippen LogP contribution in [0.5, 0.6) is 0 Å². The molecular formula is C10H9N3O4. The molecule has 2 heterocycles. The van der Waals surface area contributed by atoms with E-state index in [0.29, 0.717) is 12.0 Å². The van der Waals surface area contributed by atoms with E-state index < -0.39 is 5.97 Å². The van der Waals surface area contributed by atoms with E-state index in [9.17, 15) is 9.59 Å². The molecule has 0 aliphatic heterocycles. The zero-order valence-corrected chi connectivity index (χ0v) is 8.99. The van der Waals surface area contributed by atoms with E-state index in [4.69, 9.17) is 4.42 Å². The molecule has 7 heteroatoms. The van der Waals surface area contributed by atoms with E-state index in [-0.39, 0.29) is 18.0 Å². The molecule has 0 radical (unpaired) electrons. The summed E-state index contributed by atoms with van der Waals surface area (Å²) >= 11 is 0. The van der Waals surface area contributed by atoms with Crippen LogP contribution in [-0.2, 0) is 11.3 Å². The Morgan fingerprint density at radius 2 is 2.41 bits per heavy atom. The van der Waals surface area contributed by atoms with Gasteiger partial charge in [-0.1, -0.05) is 5.21 Å². The minimum absolute atomic E-state index is 0.120. The van der Waals surface area contributed by atoms with Crippen molar-refractivity contribution in [1.82, 2.24) is 15.0 Å². The fourth-order valence-electron chi connectivity index (χ4n) is 1.28. The molecule has 0 N–H and O–H groups in total. The fraction of sp³-hybridized carbons (Fsp3) is 0.200. The number of esters is 1. The number of carbonyl (C=O) groups excluding carboxylic acids is 2. The molecule has 2 rings (SSSR count). The molecule has 0 bridgehead atoms.